The van der Waals surface area contributed by atoms with Gasteiger partial charge in [0.1, 0.15) is 5.76 Å². The lowest BCUT2D eigenvalue weighted by Gasteiger charge is -2.11. The van der Waals surface area contributed by atoms with Crippen LogP contribution in [0.5, 0.6) is 0 Å². The van der Waals surface area contributed by atoms with Gasteiger partial charge < -0.3 is 9.73 Å². The first-order valence-electron chi connectivity index (χ1n) is 10.8. The number of amides is 1. The van der Waals surface area contributed by atoms with Crippen LogP contribution in [0.25, 0.3) is 17.1 Å². The van der Waals surface area contributed by atoms with E-state index in [1.807, 2.05) is 71.3 Å². The molecular weight excluding hydrogens is 482 g/mol. The number of pyridine rings is 1. The highest BCUT2D eigenvalue weighted by atomic mass is 35.5. The Morgan fingerprint density at radius 3 is 2.66 bits per heavy atom. The molecule has 0 saturated carbocycles. The average molecular weight is 502 g/mol. The van der Waals surface area contributed by atoms with Crippen LogP contribution in [0, 0.1) is 0 Å². The second-order valence-corrected chi connectivity index (χ2v) is 8.99. The van der Waals surface area contributed by atoms with Gasteiger partial charge in [-0.1, -0.05) is 41.6 Å². The number of aromatic nitrogens is 4. The van der Waals surface area contributed by atoms with Crippen LogP contribution in [0.3, 0.4) is 0 Å². The van der Waals surface area contributed by atoms with Crippen LogP contribution in [0.1, 0.15) is 21.7 Å². The van der Waals surface area contributed by atoms with Gasteiger partial charge in [-0.2, -0.15) is 0 Å². The molecule has 0 saturated heterocycles. The first-order chi connectivity index (χ1) is 17.2. The normalized spacial score (nSPS) is 10.9. The molecule has 0 spiro atoms. The van der Waals surface area contributed by atoms with Crippen LogP contribution < -0.4 is 5.32 Å². The lowest BCUT2D eigenvalue weighted by molar-refractivity contribution is 0.0948. The Hall–Kier alpha value is -3.88. The van der Waals surface area contributed by atoms with Crippen LogP contribution >= 0.6 is 23.4 Å². The number of nitrogens with one attached hydrogen (secondary N) is 1. The van der Waals surface area contributed by atoms with Crippen molar-refractivity contribution in [2.45, 2.75) is 17.5 Å². The summed E-state index contributed by atoms with van der Waals surface area (Å²) in [6, 6.07) is 22.5. The Morgan fingerprint density at radius 2 is 1.91 bits per heavy atom. The molecule has 0 atom stereocenters. The first-order valence-corrected chi connectivity index (χ1v) is 12.2. The molecule has 174 valence electrons. The summed E-state index contributed by atoms with van der Waals surface area (Å²) in [7, 11) is 0. The quantitative estimate of drug-likeness (QED) is 0.270. The van der Waals surface area contributed by atoms with E-state index in [0.717, 1.165) is 22.0 Å². The maximum atomic E-state index is 12.4. The van der Waals surface area contributed by atoms with Gasteiger partial charge in [0, 0.05) is 34.3 Å². The van der Waals surface area contributed by atoms with Crippen molar-refractivity contribution in [2.24, 2.45) is 0 Å². The summed E-state index contributed by atoms with van der Waals surface area (Å²) in [4.78, 5) is 16.6. The predicted octanol–water partition coefficient (Wildman–Crippen LogP) is 5.80. The molecular formula is C26H20ClN5O2S. The third-order valence-corrected chi connectivity index (χ3v) is 6.44. The summed E-state index contributed by atoms with van der Waals surface area (Å²) in [5, 5.41) is 13.1. The third kappa shape index (κ3) is 5.45. The number of benzene rings is 2. The van der Waals surface area contributed by atoms with E-state index in [1.165, 1.54) is 0 Å². The number of halogens is 1. The molecule has 0 bridgehead atoms. The summed E-state index contributed by atoms with van der Waals surface area (Å²) < 4.78 is 7.23. The highest BCUT2D eigenvalue weighted by Crippen LogP contribution is 2.30. The summed E-state index contributed by atoms with van der Waals surface area (Å²) in [6.45, 7) is 0.349. The zero-order valence-corrected chi connectivity index (χ0v) is 20.0. The molecule has 3 aromatic heterocycles. The Labute approximate surface area is 211 Å². The fourth-order valence-electron chi connectivity index (χ4n) is 3.48. The molecule has 1 N–H and O–H groups in total. The van der Waals surface area contributed by atoms with Crippen molar-refractivity contribution in [2.75, 3.05) is 0 Å². The van der Waals surface area contributed by atoms with Crippen molar-refractivity contribution in [1.82, 2.24) is 25.1 Å². The van der Waals surface area contributed by atoms with Crippen molar-refractivity contribution in [1.29, 1.82) is 0 Å². The van der Waals surface area contributed by atoms with Crippen LogP contribution in [-0.2, 0) is 12.3 Å². The minimum absolute atomic E-state index is 0.151. The van der Waals surface area contributed by atoms with Crippen molar-refractivity contribution >= 4 is 29.3 Å². The van der Waals surface area contributed by atoms with Gasteiger partial charge in [-0.3, -0.25) is 14.3 Å². The molecule has 5 aromatic rings. The smallest absolute Gasteiger partial charge is 0.251 e. The summed E-state index contributed by atoms with van der Waals surface area (Å²) in [6.07, 6.45) is 5.07. The molecule has 0 aliphatic heterocycles. The van der Waals surface area contributed by atoms with E-state index in [-0.39, 0.29) is 5.91 Å². The molecule has 1 amide bonds. The molecule has 0 aliphatic carbocycles. The molecule has 35 heavy (non-hydrogen) atoms. The van der Waals surface area contributed by atoms with Gasteiger partial charge in [-0.15, -0.1) is 10.2 Å². The van der Waals surface area contributed by atoms with E-state index in [4.69, 9.17) is 16.0 Å². The SMILES string of the molecule is O=C(NCc1ccco1)c1ccc(CSc2nnc(-c3cccnc3)n2-c2cccc(Cl)c2)cc1. The standard InChI is InChI=1S/C26H20ClN5O2S/c27-21-5-1-6-22(14-21)32-24(20-4-2-12-28-15-20)30-31-26(32)35-17-18-8-10-19(11-9-18)25(33)29-16-23-7-3-13-34-23/h1-15H,16-17H2,(H,29,33). The first kappa shape index (κ1) is 22.9. The van der Waals surface area contributed by atoms with Crippen molar-refractivity contribution in [3.63, 3.8) is 0 Å². The Morgan fingerprint density at radius 1 is 1.03 bits per heavy atom. The average Bonchev–Trinajstić information content (AvgIpc) is 3.57. The zero-order chi connectivity index (χ0) is 24.0. The van der Waals surface area contributed by atoms with E-state index in [9.17, 15) is 4.79 Å². The molecule has 7 nitrogen and oxygen atoms in total. The minimum atomic E-state index is -0.151. The van der Waals surface area contributed by atoms with Gasteiger partial charge in [0.2, 0.25) is 0 Å². The van der Waals surface area contributed by atoms with Crippen molar-refractivity contribution in [3.05, 3.63) is 113 Å². The Bertz CT molecular complexity index is 1420. The number of carbonyl (C=O) groups excluding carboxylic acids is 1. The van der Waals surface area contributed by atoms with E-state index in [0.29, 0.717) is 34.5 Å². The highest BCUT2D eigenvalue weighted by Gasteiger charge is 2.17. The lowest BCUT2D eigenvalue weighted by Crippen LogP contribution is -2.22. The third-order valence-electron chi connectivity index (χ3n) is 5.21. The van der Waals surface area contributed by atoms with Crippen molar-refractivity contribution < 1.29 is 9.21 Å². The molecule has 0 radical (unpaired) electrons. The van der Waals surface area contributed by atoms with Gasteiger partial charge >= 0.3 is 0 Å². The molecule has 0 aliphatic rings. The molecule has 3 heterocycles. The fraction of sp³-hybridized carbons (Fsp3) is 0.0769. The number of nitrogens with zero attached hydrogens (tertiary/aromatic N) is 4. The maximum Gasteiger partial charge on any atom is 0.251 e. The zero-order valence-electron chi connectivity index (χ0n) is 18.5. The van der Waals surface area contributed by atoms with Crippen LogP contribution in [0.15, 0.2) is 101 Å². The Kier molecular flexibility index (Phi) is 6.92. The fourth-order valence-corrected chi connectivity index (χ4v) is 4.57. The number of hydrogen-bond acceptors (Lipinski definition) is 6. The van der Waals surface area contributed by atoms with Crippen molar-refractivity contribution in [3.8, 4) is 17.1 Å². The van der Waals surface area contributed by atoms with Gasteiger partial charge in [0.15, 0.2) is 11.0 Å². The summed E-state index contributed by atoms with van der Waals surface area (Å²) in [5.74, 6) is 1.90. The number of carbonyl (C=O) groups is 1. The van der Waals surface area contributed by atoms with Crippen LogP contribution in [0.4, 0.5) is 0 Å². The monoisotopic (exact) mass is 501 g/mol. The Balaban J connectivity index is 1.32. The lowest BCUT2D eigenvalue weighted by atomic mass is 10.1. The van der Waals surface area contributed by atoms with Gasteiger partial charge in [-0.25, -0.2) is 0 Å². The number of rotatable bonds is 8. The van der Waals surface area contributed by atoms with Gasteiger partial charge in [0.05, 0.1) is 18.5 Å². The molecule has 0 fully saturated rings. The minimum Gasteiger partial charge on any atom is -0.467 e. The topological polar surface area (TPSA) is 85.8 Å². The van der Waals surface area contributed by atoms with E-state index in [2.05, 4.69) is 20.5 Å². The van der Waals surface area contributed by atoms with Gasteiger partial charge in [0.25, 0.3) is 5.91 Å². The highest BCUT2D eigenvalue weighted by molar-refractivity contribution is 7.98. The molecule has 2 aromatic carbocycles. The number of furan rings is 1. The molecule has 9 heteroatoms. The number of hydrogen-bond donors (Lipinski definition) is 1. The largest absolute Gasteiger partial charge is 0.467 e. The summed E-state index contributed by atoms with van der Waals surface area (Å²) in [5.41, 5.74) is 3.37. The maximum absolute atomic E-state index is 12.4. The molecule has 0 unspecified atom stereocenters. The van der Waals surface area contributed by atoms with Crippen LogP contribution in [-0.4, -0.2) is 25.7 Å². The van der Waals surface area contributed by atoms with Gasteiger partial charge in [-0.05, 0) is 60.2 Å². The molecule has 5 rings (SSSR count). The van der Waals surface area contributed by atoms with E-state index < -0.39 is 0 Å². The summed E-state index contributed by atoms with van der Waals surface area (Å²) >= 11 is 7.82. The second-order valence-electron chi connectivity index (χ2n) is 7.61. The number of thioether (sulfide) groups is 1. The second kappa shape index (κ2) is 10.6. The van der Waals surface area contributed by atoms with E-state index >= 15 is 0 Å². The van der Waals surface area contributed by atoms with E-state index in [1.54, 1.807) is 36.5 Å². The van der Waals surface area contributed by atoms with Crippen LogP contribution in [0.2, 0.25) is 5.02 Å². The predicted molar refractivity (Wildman–Crippen MR) is 135 cm³/mol.